The largest absolute Gasteiger partial charge is 0.465 e. The van der Waals surface area contributed by atoms with E-state index in [2.05, 4.69) is 17.0 Å². The molecule has 0 saturated carbocycles. The Morgan fingerprint density at radius 2 is 1.68 bits per heavy atom. The zero-order valence-corrected chi connectivity index (χ0v) is 11.4. The molecule has 0 fully saturated rings. The Hall–Kier alpha value is -2.29. The highest BCUT2D eigenvalue weighted by atomic mass is 16.5. The van der Waals surface area contributed by atoms with Crippen LogP contribution < -0.4 is 4.90 Å². The van der Waals surface area contributed by atoms with Gasteiger partial charge < -0.3 is 9.64 Å². The topological polar surface area (TPSA) is 29.5 Å². The molecule has 3 nitrogen and oxygen atoms in total. The summed E-state index contributed by atoms with van der Waals surface area (Å²) in [6.45, 7) is 0. The lowest BCUT2D eigenvalue weighted by Crippen LogP contribution is -2.07. The van der Waals surface area contributed by atoms with E-state index in [1.807, 2.05) is 44.4 Å². The highest BCUT2D eigenvalue weighted by molar-refractivity contribution is 5.91. The first-order chi connectivity index (χ1) is 9.11. The molecule has 0 unspecified atom stereocenters. The van der Waals surface area contributed by atoms with Crippen LogP contribution in [0.25, 0.3) is 11.1 Å². The van der Waals surface area contributed by atoms with Gasteiger partial charge >= 0.3 is 5.97 Å². The average molecular weight is 255 g/mol. The van der Waals surface area contributed by atoms with E-state index in [9.17, 15) is 4.79 Å². The standard InChI is InChI=1S/C16H17NO2/c1-17(2)15-9-7-12(8-10-15)13-5-4-6-14(11-13)16(18)19-3/h4-11H,1-3H3. The molecule has 2 aromatic rings. The van der Waals surface area contributed by atoms with E-state index in [0.29, 0.717) is 5.56 Å². The van der Waals surface area contributed by atoms with Gasteiger partial charge in [0.15, 0.2) is 0 Å². The zero-order valence-electron chi connectivity index (χ0n) is 11.4. The van der Waals surface area contributed by atoms with Gasteiger partial charge in [0.1, 0.15) is 0 Å². The normalized spacial score (nSPS) is 10.1. The van der Waals surface area contributed by atoms with Gasteiger partial charge in [-0.05, 0) is 35.4 Å². The number of esters is 1. The van der Waals surface area contributed by atoms with Crippen molar-refractivity contribution in [3.63, 3.8) is 0 Å². The third-order valence-corrected chi connectivity index (χ3v) is 3.00. The summed E-state index contributed by atoms with van der Waals surface area (Å²) in [7, 11) is 5.40. The molecule has 0 aromatic heterocycles. The van der Waals surface area contributed by atoms with Crippen molar-refractivity contribution in [2.24, 2.45) is 0 Å². The smallest absolute Gasteiger partial charge is 0.337 e. The van der Waals surface area contributed by atoms with Crippen molar-refractivity contribution in [1.82, 2.24) is 0 Å². The molecule has 0 amide bonds. The lowest BCUT2D eigenvalue weighted by atomic mass is 10.0. The van der Waals surface area contributed by atoms with Crippen LogP contribution in [0.2, 0.25) is 0 Å². The Labute approximate surface area is 113 Å². The van der Waals surface area contributed by atoms with Gasteiger partial charge in [-0.3, -0.25) is 0 Å². The maximum Gasteiger partial charge on any atom is 0.337 e. The van der Waals surface area contributed by atoms with E-state index in [4.69, 9.17) is 4.74 Å². The molecule has 2 aromatic carbocycles. The number of hydrogen-bond donors (Lipinski definition) is 0. The number of carbonyl (C=O) groups is 1. The summed E-state index contributed by atoms with van der Waals surface area (Å²) in [5.74, 6) is -0.313. The fourth-order valence-corrected chi connectivity index (χ4v) is 1.90. The molecule has 0 aliphatic heterocycles. The van der Waals surface area contributed by atoms with Crippen LogP contribution in [0.15, 0.2) is 48.5 Å². The summed E-state index contributed by atoms with van der Waals surface area (Å²) in [4.78, 5) is 13.6. The molecule has 0 aliphatic carbocycles. The lowest BCUT2D eigenvalue weighted by Gasteiger charge is -2.13. The summed E-state index contributed by atoms with van der Waals surface area (Å²) in [6.07, 6.45) is 0. The van der Waals surface area contributed by atoms with Crippen LogP contribution in [0.5, 0.6) is 0 Å². The monoisotopic (exact) mass is 255 g/mol. The molecule has 0 saturated heterocycles. The summed E-state index contributed by atoms with van der Waals surface area (Å²) in [5.41, 5.74) is 3.80. The maximum atomic E-state index is 11.5. The van der Waals surface area contributed by atoms with Crippen molar-refractivity contribution < 1.29 is 9.53 Å². The van der Waals surface area contributed by atoms with Gasteiger partial charge in [0.2, 0.25) is 0 Å². The molecule has 98 valence electrons. The van der Waals surface area contributed by atoms with E-state index in [1.165, 1.54) is 7.11 Å². The maximum absolute atomic E-state index is 11.5. The molecule has 0 aliphatic rings. The molecule has 0 radical (unpaired) electrons. The first-order valence-electron chi connectivity index (χ1n) is 6.08. The summed E-state index contributed by atoms with van der Waals surface area (Å²) >= 11 is 0. The van der Waals surface area contributed by atoms with Crippen molar-refractivity contribution in [3.8, 4) is 11.1 Å². The lowest BCUT2D eigenvalue weighted by molar-refractivity contribution is 0.0601. The first kappa shape index (κ1) is 13.1. The Kier molecular flexibility index (Phi) is 3.85. The minimum Gasteiger partial charge on any atom is -0.465 e. The van der Waals surface area contributed by atoms with Gasteiger partial charge in [-0.15, -0.1) is 0 Å². The van der Waals surface area contributed by atoms with E-state index >= 15 is 0 Å². The molecule has 0 spiro atoms. The van der Waals surface area contributed by atoms with E-state index in [0.717, 1.165) is 16.8 Å². The zero-order chi connectivity index (χ0) is 13.8. The number of hydrogen-bond acceptors (Lipinski definition) is 3. The van der Waals surface area contributed by atoms with Crippen LogP contribution in [-0.2, 0) is 4.74 Å². The van der Waals surface area contributed by atoms with Crippen molar-refractivity contribution in [3.05, 3.63) is 54.1 Å². The Balaban J connectivity index is 2.33. The molecule has 0 atom stereocenters. The van der Waals surface area contributed by atoms with Crippen LogP contribution in [0.1, 0.15) is 10.4 Å². The molecule has 3 heteroatoms. The van der Waals surface area contributed by atoms with Crippen LogP contribution >= 0.6 is 0 Å². The van der Waals surface area contributed by atoms with Crippen LogP contribution in [0.4, 0.5) is 5.69 Å². The Bertz CT molecular complexity index is 574. The SMILES string of the molecule is COC(=O)c1cccc(-c2ccc(N(C)C)cc2)c1. The second kappa shape index (κ2) is 5.57. The molecule has 0 heterocycles. The minimum absolute atomic E-state index is 0.313. The predicted octanol–water partition coefficient (Wildman–Crippen LogP) is 3.21. The Morgan fingerprint density at radius 3 is 2.26 bits per heavy atom. The van der Waals surface area contributed by atoms with Crippen LogP contribution in [0.3, 0.4) is 0 Å². The van der Waals surface area contributed by atoms with Crippen molar-refractivity contribution in [2.75, 3.05) is 26.1 Å². The fraction of sp³-hybridized carbons (Fsp3) is 0.188. The third-order valence-electron chi connectivity index (χ3n) is 3.00. The Morgan fingerprint density at radius 1 is 1.00 bits per heavy atom. The molecule has 0 bridgehead atoms. The average Bonchev–Trinajstić information content (AvgIpc) is 2.46. The van der Waals surface area contributed by atoms with Crippen molar-refractivity contribution in [2.45, 2.75) is 0 Å². The highest BCUT2D eigenvalue weighted by Crippen LogP contribution is 2.23. The van der Waals surface area contributed by atoms with Gasteiger partial charge in [0.05, 0.1) is 12.7 Å². The van der Waals surface area contributed by atoms with Crippen LogP contribution in [-0.4, -0.2) is 27.2 Å². The molecule has 2 rings (SSSR count). The fourth-order valence-electron chi connectivity index (χ4n) is 1.90. The minimum atomic E-state index is -0.313. The third kappa shape index (κ3) is 2.94. The second-order valence-corrected chi connectivity index (χ2v) is 4.51. The summed E-state index contributed by atoms with van der Waals surface area (Å²) < 4.78 is 4.73. The van der Waals surface area contributed by atoms with Crippen LogP contribution in [0, 0.1) is 0 Å². The van der Waals surface area contributed by atoms with Crippen molar-refractivity contribution in [1.29, 1.82) is 0 Å². The molecular weight excluding hydrogens is 238 g/mol. The van der Waals surface area contributed by atoms with E-state index < -0.39 is 0 Å². The molecule has 0 N–H and O–H groups in total. The number of carbonyl (C=O) groups excluding carboxylic acids is 1. The number of benzene rings is 2. The quantitative estimate of drug-likeness (QED) is 0.789. The molecule has 19 heavy (non-hydrogen) atoms. The number of methoxy groups -OCH3 is 1. The molecular formula is C16H17NO2. The number of nitrogens with zero attached hydrogens (tertiary/aromatic N) is 1. The van der Waals surface area contributed by atoms with E-state index in [1.54, 1.807) is 6.07 Å². The van der Waals surface area contributed by atoms with Gasteiger partial charge in [-0.25, -0.2) is 4.79 Å². The second-order valence-electron chi connectivity index (χ2n) is 4.51. The predicted molar refractivity (Wildman–Crippen MR) is 77.5 cm³/mol. The number of ether oxygens (including phenoxy) is 1. The van der Waals surface area contributed by atoms with Gasteiger partial charge in [0.25, 0.3) is 0 Å². The first-order valence-corrected chi connectivity index (χ1v) is 6.08. The summed E-state index contributed by atoms with van der Waals surface area (Å²) in [5, 5.41) is 0. The summed E-state index contributed by atoms with van der Waals surface area (Å²) in [6, 6.07) is 15.6. The van der Waals surface area contributed by atoms with Gasteiger partial charge in [-0.2, -0.15) is 0 Å². The van der Waals surface area contributed by atoms with Crippen molar-refractivity contribution >= 4 is 11.7 Å². The van der Waals surface area contributed by atoms with Gasteiger partial charge in [-0.1, -0.05) is 24.3 Å². The number of anilines is 1. The number of rotatable bonds is 3. The van der Waals surface area contributed by atoms with E-state index in [-0.39, 0.29) is 5.97 Å². The highest BCUT2D eigenvalue weighted by Gasteiger charge is 2.06. The van der Waals surface area contributed by atoms with Gasteiger partial charge in [0, 0.05) is 19.8 Å².